The molecule has 2 aliphatic heterocycles. The second-order valence-electron chi connectivity index (χ2n) is 3.38. The van der Waals surface area contributed by atoms with Crippen LogP contribution in [0, 0.1) is 0 Å². The van der Waals surface area contributed by atoms with E-state index in [2.05, 4.69) is 0 Å². The molecule has 2 saturated heterocycles. The second-order valence-corrected chi connectivity index (χ2v) is 3.38. The van der Waals surface area contributed by atoms with Crippen molar-refractivity contribution in [2.45, 2.75) is 36.8 Å². The highest BCUT2D eigenvalue weighted by Crippen LogP contribution is 2.42. The molecule has 0 amide bonds. The summed E-state index contributed by atoms with van der Waals surface area (Å²) in [6, 6.07) is -0.622. The minimum Gasteiger partial charge on any atom is -0.393 e. The first-order valence-electron chi connectivity index (χ1n) is 3.99. The summed E-state index contributed by atoms with van der Waals surface area (Å²) >= 11 is 0. The van der Waals surface area contributed by atoms with Crippen molar-refractivity contribution in [3.05, 3.63) is 0 Å². The first-order valence-corrected chi connectivity index (χ1v) is 3.99. The number of fused-ring (bicyclic) bond motifs is 2. The van der Waals surface area contributed by atoms with E-state index in [0.29, 0.717) is 0 Å². The van der Waals surface area contributed by atoms with Crippen molar-refractivity contribution in [3.8, 4) is 0 Å². The minimum atomic E-state index is -0.996. The van der Waals surface area contributed by atoms with Crippen LogP contribution in [0.3, 0.4) is 0 Å². The van der Waals surface area contributed by atoms with Crippen LogP contribution in [0.4, 0.5) is 0 Å². The minimum absolute atomic E-state index is 0.264. The molecule has 0 saturated carbocycles. The molecular weight excluding hydrogens is 159 g/mol. The summed E-state index contributed by atoms with van der Waals surface area (Å²) in [7, 11) is 5.51. The van der Waals surface area contributed by atoms with Gasteiger partial charge in [0, 0.05) is 6.00 Å². The van der Waals surface area contributed by atoms with E-state index in [4.69, 9.17) is 22.4 Å². The third-order valence-electron chi connectivity index (χ3n) is 2.79. The first-order chi connectivity index (χ1) is 5.62. The summed E-state index contributed by atoms with van der Waals surface area (Å²) in [4.78, 5) is 0. The lowest BCUT2D eigenvalue weighted by molar-refractivity contribution is -0.173. The second kappa shape index (κ2) is 2.45. The molecule has 0 aromatic rings. The third kappa shape index (κ3) is 0.772. The summed E-state index contributed by atoms with van der Waals surface area (Å²) in [5.74, 6) is 0. The average molecular weight is 170 g/mol. The van der Waals surface area contributed by atoms with Crippen molar-refractivity contribution in [1.82, 2.24) is 0 Å². The number of aliphatic hydroxyl groups is 2. The van der Waals surface area contributed by atoms with E-state index >= 15 is 0 Å². The van der Waals surface area contributed by atoms with E-state index in [0.717, 1.165) is 0 Å². The molecule has 2 radical (unpaired) electrons. The van der Waals surface area contributed by atoms with Crippen LogP contribution in [0.1, 0.15) is 6.92 Å². The highest BCUT2D eigenvalue weighted by molar-refractivity contribution is 6.11. The van der Waals surface area contributed by atoms with Gasteiger partial charge >= 0.3 is 0 Å². The number of hydrogen-bond donors (Lipinski definition) is 2. The zero-order chi connectivity index (χ0) is 8.93. The summed E-state index contributed by atoms with van der Waals surface area (Å²) in [6.45, 7) is 1.49. The van der Waals surface area contributed by atoms with E-state index < -0.39 is 23.8 Å². The molecule has 0 spiro atoms. The standard InChI is InChI=1S/C7H11BO4/c1-3-7(2-9)5(10)4(11-3)6(8)12-7/h3-6,9-10H,2H2,1H3/t3?,4-,5+,6+,7+/m0/s1. The Labute approximate surface area is 71.9 Å². The van der Waals surface area contributed by atoms with Crippen LogP contribution in [0.5, 0.6) is 0 Å². The van der Waals surface area contributed by atoms with Crippen LogP contribution in [0.2, 0.25) is 0 Å². The maximum Gasteiger partial charge on any atom is 0.145 e. The molecule has 0 aliphatic carbocycles. The van der Waals surface area contributed by atoms with Crippen LogP contribution in [-0.4, -0.2) is 54.6 Å². The number of ether oxygens (including phenoxy) is 2. The van der Waals surface area contributed by atoms with Crippen molar-refractivity contribution >= 4 is 7.85 Å². The van der Waals surface area contributed by atoms with E-state index in [1.807, 2.05) is 0 Å². The molecule has 1 unspecified atom stereocenters. The quantitative estimate of drug-likeness (QED) is 0.465. The lowest BCUT2D eigenvalue weighted by atomic mass is 9.91. The lowest BCUT2D eigenvalue weighted by Gasteiger charge is -2.33. The molecule has 2 N–H and O–H groups in total. The van der Waals surface area contributed by atoms with Gasteiger partial charge < -0.3 is 19.7 Å². The topological polar surface area (TPSA) is 58.9 Å². The van der Waals surface area contributed by atoms with Gasteiger partial charge in [-0.1, -0.05) is 0 Å². The van der Waals surface area contributed by atoms with Gasteiger partial charge in [-0.05, 0) is 6.92 Å². The average Bonchev–Trinajstić information content (AvgIpc) is 2.41. The van der Waals surface area contributed by atoms with Crippen molar-refractivity contribution in [3.63, 3.8) is 0 Å². The Morgan fingerprint density at radius 1 is 1.58 bits per heavy atom. The van der Waals surface area contributed by atoms with E-state index in [1.165, 1.54) is 0 Å². The number of rotatable bonds is 1. The number of hydrogen-bond acceptors (Lipinski definition) is 4. The fourth-order valence-corrected chi connectivity index (χ4v) is 1.95. The van der Waals surface area contributed by atoms with Crippen molar-refractivity contribution < 1.29 is 19.7 Å². The number of aliphatic hydroxyl groups excluding tert-OH is 2. The normalized spacial score (nSPS) is 57.9. The molecule has 2 aliphatic rings. The monoisotopic (exact) mass is 170 g/mol. The molecule has 66 valence electrons. The van der Waals surface area contributed by atoms with Crippen molar-refractivity contribution in [2.75, 3.05) is 6.61 Å². The molecule has 2 bridgehead atoms. The zero-order valence-corrected chi connectivity index (χ0v) is 6.80. The third-order valence-corrected chi connectivity index (χ3v) is 2.79. The molecule has 5 atom stereocenters. The Bertz CT molecular complexity index is 200. The zero-order valence-electron chi connectivity index (χ0n) is 6.80. The van der Waals surface area contributed by atoms with Gasteiger partial charge in [0.2, 0.25) is 0 Å². The summed E-state index contributed by atoms with van der Waals surface area (Å²) < 4.78 is 10.6. The Morgan fingerprint density at radius 3 is 2.58 bits per heavy atom. The van der Waals surface area contributed by atoms with E-state index in [1.54, 1.807) is 6.92 Å². The van der Waals surface area contributed by atoms with Crippen LogP contribution in [-0.2, 0) is 9.47 Å². The first kappa shape index (κ1) is 8.50. The Balaban J connectivity index is 2.30. The van der Waals surface area contributed by atoms with Crippen LogP contribution >= 0.6 is 0 Å². The van der Waals surface area contributed by atoms with Gasteiger partial charge in [-0.15, -0.1) is 0 Å². The lowest BCUT2D eigenvalue weighted by Crippen LogP contribution is -2.49. The van der Waals surface area contributed by atoms with Crippen LogP contribution in [0.15, 0.2) is 0 Å². The predicted molar refractivity (Wildman–Crippen MR) is 40.8 cm³/mol. The Hall–Kier alpha value is -0.0951. The van der Waals surface area contributed by atoms with Crippen molar-refractivity contribution in [1.29, 1.82) is 0 Å². The largest absolute Gasteiger partial charge is 0.393 e. The molecule has 2 fully saturated rings. The Morgan fingerprint density at radius 2 is 2.25 bits per heavy atom. The van der Waals surface area contributed by atoms with Crippen molar-refractivity contribution in [2.24, 2.45) is 0 Å². The fraction of sp³-hybridized carbons (Fsp3) is 1.00. The summed E-state index contributed by atoms with van der Waals surface area (Å²) in [5, 5.41) is 18.7. The molecule has 12 heavy (non-hydrogen) atoms. The molecular formula is C7H11BO4. The van der Waals surface area contributed by atoms with Gasteiger partial charge in [0.15, 0.2) is 0 Å². The predicted octanol–water partition coefficient (Wildman–Crippen LogP) is -1.61. The highest BCUT2D eigenvalue weighted by Gasteiger charge is 2.62. The van der Waals surface area contributed by atoms with E-state index in [-0.39, 0.29) is 12.7 Å². The molecule has 0 aromatic carbocycles. The SMILES string of the molecule is [B][C@@H]1O[C@]2(CO)C(C)O[C@H]1[C@H]2O. The van der Waals surface area contributed by atoms with Crippen LogP contribution in [0.25, 0.3) is 0 Å². The molecule has 2 heterocycles. The highest BCUT2D eigenvalue weighted by atomic mass is 16.6. The van der Waals surface area contributed by atoms with Gasteiger partial charge in [0.05, 0.1) is 12.7 Å². The molecule has 0 aromatic heterocycles. The smallest absolute Gasteiger partial charge is 0.145 e. The summed E-state index contributed by atoms with van der Waals surface area (Å²) in [6.07, 6.45) is -1.61. The van der Waals surface area contributed by atoms with Gasteiger partial charge in [-0.3, -0.25) is 0 Å². The molecule has 4 nitrogen and oxygen atoms in total. The molecule has 2 rings (SSSR count). The van der Waals surface area contributed by atoms with Crippen LogP contribution < -0.4 is 0 Å². The molecule has 5 heteroatoms. The van der Waals surface area contributed by atoms with Gasteiger partial charge in [-0.25, -0.2) is 0 Å². The maximum absolute atomic E-state index is 9.63. The van der Waals surface area contributed by atoms with E-state index in [9.17, 15) is 5.11 Å². The Kier molecular flexibility index (Phi) is 1.73. The fourth-order valence-electron chi connectivity index (χ4n) is 1.95. The van der Waals surface area contributed by atoms with Gasteiger partial charge in [0.25, 0.3) is 0 Å². The van der Waals surface area contributed by atoms with Gasteiger partial charge in [0.1, 0.15) is 25.7 Å². The maximum atomic E-state index is 9.63. The van der Waals surface area contributed by atoms with Gasteiger partial charge in [-0.2, -0.15) is 0 Å². The summed E-state index contributed by atoms with van der Waals surface area (Å²) in [5.41, 5.74) is -0.996.